The standard InChI is InChI=1S/C12H19N3O.C7H8O3S.2HI.H2S.V/c1-15-5-2-3-12(15)10-7-11(9-14-8-10)16-6-4-13;1-6-2-4-7(5-3-6)11(8,9)10;;;;/h7-9,12H,2-6,13H2,1H3;2-5H,1H3,(H,8,9,10);2*1H;1H2;/q;;;;;+2/p-2/t12-;;;;;/m0...../s1. The van der Waals surface area contributed by atoms with Gasteiger partial charge in [-0.1, -0.05) is 17.7 Å². The third-order valence-electron chi connectivity index (χ3n) is 4.34. The van der Waals surface area contributed by atoms with Crippen molar-refractivity contribution in [2.75, 3.05) is 26.7 Å². The summed E-state index contributed by atoms with van der Waals surface area (Å²) in [5.74, 6) is 0.822. The molecule has 0 aliphatic carbocycles. The van der Waals surface area contributed by atoms with Gasteiger partial charge in [0.15, 0.2) is 0 Å². The Bertz CT molecular complexity index is 861. The minimum atomic E-state index is -4.02. The van der Waals surface area contributed by atoms with E-state index in [2.05, 4.69) is 63.0 Å². The van der Waals surface area contributed by atoms with Gasteiger partial charge >= 0.3 is 49.4 Å². The summed E-state index contributed by atoms with van der Waals surface area (Å²) in [6, 6.07) is 8.56. The fraction of sp³-hybridized carbons (Fsp3) is 0.421. The van der Waals surface area contributed by atoms with Crippen molar-refractivity contribution in [1.82, 2.24) is 9.88 Å². The molecule has 1 aromatic carbocycles. The molecule has 1 saturated heterocycles. The molecule has 1 atom stereocenters. The molecule has 2 aromatic rings. The summed E-state index contributed by atoms with van der Waals surface area (Å²) in [7, 11) is -1.23. The summed E-state index contributed by atoms with van der Waals surface area (Å²) in [4.78, 5) is 6.52. The monoisotopic (exact) mass is 732 g/mol. The van der Waals surface area contributed by atoms with Gasteiger partial charge in [0, 0.05) is 18.8 Å². The average molecular weight is 732 g/mol. The van der Waals surface area contributed by atoms with Gasteiger partial charge in [0.1, 0.15) is 12.4 Å². The Morgan fingerprint density at radius 3 is 2.39 bits per heavy atom. The zero-order valence-electron chi connectivity index (χ0n) is 17.4. The number of hydrogen-bond acceptors (Lipinski definition) is 6. The van der Waals surface area contributed by atoms with Crippen LogP contribution in [0.3, 0.4) is 0 Å². The fourth-order valence-corrected chi connectivity index (χ4v) is 3.40. The quantitative estimate of drug-likeness (QED) is 0.349. The van der Waals surface area contributed by atoms with Gasteiger partial charge in [-0.15, -0.1) is 0 Å². The predicted octanol–water partition coefficient (Wildman–Crippen LogP) is 4.31. The van der Waals surface area contributed by atoms with Crippen molar-refractivity contribution in [1.29, 1.82) is 0 Å². The molecule has 1 aliphatic rings. The zero-order chi connectivity index (χ0) is 22.6. The SMILES string of the molecule is CN1CCC[C@H]1c1cncc(OCCN)c1.Cc1ccc(S(=O)(=O)O)cc1.S.[I][V][I]. The zero-order valence-corrected chi connectivity index (χ0v) is 24.9. The number of rotatable bonds is 5. The number of nitrogens with zero attached hydrogens (tertiary/aromatic N) is 2. The molecule has 12 heteroatoms. The van der Waals surface area contributed by atoms with Gasteiger partial charge in [-0.2, -0.15) is 21.9 Å². The van der Waals surface area contributed by atoms with Crippen LogP contribution in [0.15, 0.2) is 47.6 Å². The van der Waals surface area contributed by atoms with E-state index >= 15 is 0 Å². The average Bonchev–Trinajstić information content (AvgIpc) is 3.13. The number of benzene rings is 1. The molecule has 0 amide bonds. The Morgan fingerprint density at radius 2 is 1.90 bits per heavy atom. The fourth-order valence-electron chi connectivity index (χ4n) is 2.92. The number of pyridine rings is 1. The maximum absolute atomic E-state index is 10.5. The van der Waals surface area contributed by atoms with Crippen LogP contribution in [-0.4, -0.2) is 49.6 Å². The summed E-state index contributed by atoms with van der Waals surface area (Å²) >= 11 is 4.74. The first kappa shape index (κ1) is 31.4. The van der Waals surface area contributed by atoms with Gasteiger partial charge in [0.2, 0.25) is 0 Å². The topological polar surface area (TPSA) is 106 Å². The van der Waals surface area contributed by atoms with E-state index in [-0.39, 0.29) is 18.4 Å². The van der Waals surface area contributed by atoms with Crippen LogP contribution in [0.2, 0.25) is 0 Å². The molecule has 7 nitrogen and oxygen atoms in total. The maximum atomic E-state index is 10.5. The molecule has 0 bridgehead atoms. The summed E-state index contributed by atoms with van der Waals surface area (Å²) in [6.45, 7) is 4.09. The van der Waals surface area contributed by atoms with E-state index in [1.807, 2.05) is 13.1 Å². The van der Waals surface area contributed by atoms with E-state index in [9.17, 15) is 8.42 Å². The van der Waals surface area contributed by atoms with E-state index in [0.717, 1.165) is 11.3 Å². The van der Waals surface area contributed by atoms with Gasteiger partial charge in [0.05, 0.1) is 11.1 Å². The van der Waals surface area contributed by atoms with Crippen LogP contribution in [0, 0.1) is 6.92 Å². The molecule has 1 fully saturated rings. The Balaban J connectivity index is 0.000000526. The second kappa shape index (κ2) is 16.9. The van der Waals surface area contributed by atoms with Crippen LogP contribution < -0.4 is 10.5 Å². The van der Waals surface area contributed by atoms with Crippen LogP contribution in [0.25, 0.3) is 0 Å². The van der Waals surface area contributed by atoms with Crippen LogP contribution >= 0.6 is 53.5 Å². The van der Waals surface area contributed by atoms with Crippen LogP contribution in [0.4, 0.5) is 0 Å². The van der Waals surface area contributed by atoms with Crippen LogP contribution in [0.1, 0.15) is 30.0 Å². The molecule has 0 saturated carbocycles. The van der Waals surface area contributed by atoms with E-state index < -0.39 is 10.1 Å². The molecule has 0 spiro atoms. The normalized spacial score (nSPS) is 15.5. The van der Waals surface area contributed by atoms with E-state index in [1.54, 1.807) is 18.3 Å². The molecule has 3 rings (SSSR count). The second-order valence-electron chi connectivity index (χ2n) is 6.58. The number of hydrogen-bond donors (Lipinski definition) is 2. The molecule has 31 heavy (non-hydrogen) atoms. The van der Waals surface area contributed by atoms with Gasteiger partial charge < -0.3 is 10.5 Å². The third kappa shape index (κ3) is 12.4. The first-order chi connectivity index (χ1) is 14.2. The Kier molecular flexibility index (Phi) is 17.1. The molecule has 0 unspecified atom stereocenters. The number of nitrogens with two attached hydrogens (primary N) is 1. The molecule has 175 valence electrons. The van der Waals surface area contributed by atoms with E-state index in [0.29, 0.717) is 28.7 Å². The first-order valence-electron chi connectivity index (χ1n) is 9.17. The first-order valence-corrected chi connectivity index (χ1v) is 19.6. The van der Waals surface area contributed by atoms with Crippen molar-refractivity contribution in [2.24, 2.45) is 5.73 Å². The Hall–Kier alpha value is 0.394. The number of halogens is 2. The molecule has 3 N–H and O–H groups in total. The van der Waals surface area contributed by atoms with Gasteiger partial charge in [-0.25, -0.2) is 0 Å². The van der Waals surface area contributed by atoms with Crippen LogP contribution in [0.5, 0.6) is 5.75 Å². The minimum absolute atomic E-state index is 0. The summed E-state index contributed by atoms with van der Waals surface area (Å²) < 4.78 is 35.0. The summed E-state index contributed by atoms with van der Waals surface area (Å²) in [6.07, 6.45) is 6.14. The number of likely N-dealkylation sites (tertiary alicyclic amines) is 1. The second-order valence-corrected chi connectivity index (χ2v) is 19.8. The van der Waals surface area contributed by atoms with Crippen molar-refractivity contribution in [3.8, 4) is 5.75 Å². The van der Waals surface area contributed by atoms with E-state index in [1.165, 1.54) is 37.1 Å². The van der Waals surface area contributed by atoms with Gasteiger partial charge in [0.25, 0.3) is 10.1 Å². The van der Waals surface area contributed by atoms with Gasteiger partial charge in [-0.3, -0.25) is 14.4 Å². The third-order valence-corrected chi connectivity index (χ3v) is 5.21. The Labute approximate surface area is 221 Å². The van der Waals surface area contributed by atoms with Crippen molar-refractivity contribution in [3.63, 3.8) is 0 Å². The number of aromatic nitrogens is 1. The predicted molar refractivity (Wildman–Crippen MR) is 143 cm³/mol. The van der Waals surface area contributed by atoms with Crippen molar-refractivity contribution < 1.29 is 27.2 Å². The number of aryl methyl sites for hydroxylation is 1. The summed E-state index contributed by atoms with van der Waals surface area (Å²) in [5, 5.41) is 0. The molecular weight excluding hydrogens is 703 g/mol. The van der Waals surface area contributed by atoms with Crippen molar-refractivity contribution in [3.05, 3.63) is 53.9 Å². The summed E-state index contributed by atoms with van der Waals surface area (Å²) in [5.41, 5.74) is 7.61. The number of ether oxygens (including phenoxy) is 1. The molecular formula is C19H29I2N3O4S2V. The molecule has 1 aliphatic heterocycles. The molecule has 1 aromatic heterocycles. The Morgan fingerprint density at radius 1 is 1.29 bits per heavy atom. The van der Waals surface area contributed by atoms with Gasteiger partial charge in [-0.05, 0) is 57.1 Å². The van der Waals surface area contributed by atoms with Crippen molar-refractivity contribution in [2.45, 2.75) is 30.7 Å². The molecule has 2 heterocycles. The molecule has 0 radical (unpaired) electrons. The van der Waals surface area contributed by atoms with Crippen LogP contribution in [-0.2, 0) is 19.6 Å². The van der Waals surface area contributed by atoms with E-state index in [4.69, 9.17) is 15.0 Å². The van der Waals surface area contributed by atoms with Crippen molar-refractivity contribution >= 4 is 63.6 Å².